The lowest BCUT2D eigenvalue weighted by atomic mass is 10.2. The van der Waals surface area contributed by atoms with Crippen LogP contribution in [-0.2, 0) is 4.74 Å². The van der Waals surface area contributed by atoms with Gasteiger partial charge in [-0.1, -0.05) is 18.2 Å². The van der Waals surface area contributed by atoms with E-state index < -0.39 is 0 Å². The molecule has 0 atom stereocenters. The van der Waals surface area contributed by atoms with Gasteiger partial charge >= 0.3 is 0 Å². The molecule has 94 valence electrons. The number of hydrogen-bond donors (Lipinski definition) is 0. The lowest BCUT2D eigenvalue weighted by Crippen LogP contribution is -2.08. The standard InChI is InChI=1S/C14H15NO3/c1-2-17-7-8-18-14-9-11-5-3-4-6-12(11)15-13(14)10-16/h3-6,9-10H,2,7-8H2,1H3. The van der Waals surface area contributed by atoms with Gasteiger partial charge in [-0.25, -0.2) is 4.98 Å². The molecule has 0 aliphatic heterocycles. The van der Waals surface area contributed by atoms with Crippen molar-refractivity contribution >= 4 is 17.2 Å². The van der Waals surface area contributed by atoms with Crippen LogP contribution in [-0.4, -0.2) is 31.1 Å². The molecule has 0 aliphatic carbocycles. The third-order valence-corrected chi connectivity index (χ3v) is 2.52. The number of carbonyl (C=O) groups excluding carboxylic acids is 1. The second kappa shape index (κ2) is 6.12. The molecule has 4 heteroatoms. The van der Waals surface area contributed by atoms with Gasteiger partial charge in [-0.3, -0.25) is 4.79 Å². The normalized spacial score (nSPS) is 10.5. The SMILES string of the molecule is CCOCCOc1cc2ccccc2nc1C=O. The summed E-state index contributed by atoms with van der Waals surface area (Å²) in [6, 6.07) is 9.45. The monoisotopic (exact) mass is 245 g/mol. The predicted molar refractivity (Wildman–Crippen MR) is 69.1 cm³/mol. The third-order valence-electron chi connectivity index (χ3n) is 2.52. The Morgan fingerprint density at radius 1 is 1.28 bits per heavy atom. The number of aldehydes is 1. The fourth-order valence-corrected chi connectivity index (χ4v) is 1.67. The number of nitrogens with zero attached hydrogens (tertiary/aromatic N) is 1. The summed E-state index contributed by atoms with van der Waals surface area (Å²) in [5, 5.41) is 0.953. The molecule has 0 saturated carbocycles. The molecule has 0 aliphatic rings. The Hall–Kier alpha value is -1.94. The van der Waals surface area contributed by atoms with E-state index >= 15 is 0 Å². The second-order valence-corrected chi connectivity index (χ2v) is 3.73. The van der Waals surface area contributed by atoms with Crippen molar-refractivity contribution in [2.75, 3.05) is 19.8 Å². The Kier molecular flexibility index (Phi) is 4.25. The van der Waals surface area contributed by atoms with Crippen LogP contribution in [0.1, 0.15) is 17.4 Å². The smallest absolute Gasteiger partial charge is 0.172 e. The van der Waals surface area contributed by atoms with E-state index in [1.54, 1.807) is 0 Å². The molecule has 2 aromatic rings. The Labute approximate surface area is 106 Å². The minimum Gasteiger partial charge on any atom is -0.489 e. The highest BCUT2D eigenvalue weighted by molar-refractivity contribution is 5.86. The number of ether oxygens (including phenoxy) is 2. The molecular weight excluding hydrogens is 230 g/mol. The van der Waals surface area contributed by atoms with Crippen molar-refractivity contribution in [3.8, 4) is 5.75 Å². The predicted octanol–water partition coefficient (Wildman–Crippen LogP) is 2.46. The average Bonchev–Trinajstić information content (AvgIpc) is 2.42. The van der Waals surface area contributed by atoms with Gasteiger partial charge in [-0.15, -0.1) is 0 Å². The van der Waals surface area contributed by atoms with Crippen LogP contribution in [0.3, 0.4) is 0 Å². The van der Waals surface area contributed by atoms with Gasteiger partial charge in [0, 0.05) is 12.0 Å². The number of hydrogen-bond acceptors (Lipinski definition) is 4. The molecule has 2 rings (SSSR count). The lowest BCUT2D eigenvalue weighted by Gasteiger charge is -2.09. The minimum absolute atomic E-state index is 0.324. The summed E-state index contributed by atoms with van der Waals surface area (Å²) in [4.78, 5) is 15.2. The quantitative estimate of drug-likeness (QED) is 0.579. The highest BCUT2D eigenvalue weighted by Gasteiger charge is 2.07. The number of aromatic nitrogens is 1. The van der Waals surface area contributed by atoms with Crippen LogP contribution < -0.4 is 4.74 Å². The highest BCUT2D eigenvalue weighted by Crippen LogP contribution is 2.21. The van der Waals surface area contributed by atoms with E-state index in [-0.39, 0.29) is 0 Å². The number of fused-ring (bicyclic) bond motifs is 1. The summed E-state index contributed by atoms with van der Waals surface area (Å²) in [6.45, 7) is 3.49. The van der Waals surface area contributed by atoms with Crippen molar-refractivity contribution in [2.45, 2.75) is 6.92 Å². The molecule has 0 bridgehead atoms. The lowest BCUT2D eigenvalue weighted by molar-refractivity contribution is 0.106. The highest BCUT2D eigenvalue weighted by atomic mass is 16.5. The maximum atomic E-state index is 11.0. The van der Waals surface area contributed by atoms with Crippen molar-refractivity contribution in [1.29, 1.82) is 0 Å². The number of pyridine rings is 1. The molecule has 1 aromatic heterocycles. The van der Waals surface area contributed by atoms with E-state index in [4.69, 9.17) is 9.47 Å². The van der Waals surface area contributed by atoms with Crippen LogP contribution >= 0.6 is 0 Å². The van der Waals surface area contributed by atoms with E-state index in [0.29, 0.717) is 37.6 Å². The first-order valence-corrected chi connectivity index (χ1v) is 5.90. The van der Waals surface area contributed by atoms with Crippen LogP contribution in [0.25, 0.3) is 10.9 Å². The van der Waals surface area contributed by atoms with Crippen LogP contribution in [0.4, 0.5) is 0 Å². The molecule has 1 heterocycles. The van der Waals surface area contributed by atoms with Crippen molar-refractivity contribution < 1.29 is 14.3 Å². The molecule has 0 spiro atoms. The second-order valence-electron chi connectivity index (χ2n) is 3.73. The zero-order chi connectivity index (χ0) is 12.8. The van der Waals surface area contributed by atoms with E-state index in [1.807, 2.05) is 37.3 Å². The fraction of sp³-hybridized carbons (Fsp3) is 0.286. The molecule has 18 heavy (non-hydrogen) atoms. The van der Waals surface area contributed by atoms with Gasteiger partial charge in [-0.2, -0.15) is 0 Å². The van der Waals surface area contributed by atoms with E-state index in [2.05, 4.69) is 4.98 Å². The first kappa shape index (κ1) is 12.5. The number of rotatable bonds is 6. The first-order valence-electron chi connectivity index (χ1n) is 5.90. The van der Waals surface area contributed by atoms with Gasteiger partial charge in [-0.05, 0) is 19.1 Å². The van der Waals surface area contributed by atoms with Crippen LogP contribution in [0.15, 0.2) is 30.3 Å². The van der Waals surface area contributed by atoms with Crippen molar-refractivity contribution in [2.24, 2.45) is 0 Å². The Balaban J connectivity index is 2.22. The van der Waals surface area contributed by atoms with Gasteiger partial charge in [0.2, 0.25) is 0 Å². The van der Waals surface area contributed by atoms with Gasteiger partial charge in [0.15, 0.2) is 6.29 Å². The summed E-state index contributed by atoms with van der Waals surface area (Å²) in [5.74, 6) is 0.503. The van der Waals surface area contributed by atoms with E-state index in [9.17, 15) is 4.79 Å². The van der Waals surface area contributed by atoms with E-state index in [0.717, 1.165) is 10.9 Å². The molecule has 0 amide bonds. The topological polar surface area (TPSA) is 48.4 Å². The molecule has 0 fully saturated rings. The minimum atomic E-state index is 0.324. The number of carbonyl (C=O) groups is 1. The molecule has 1 aromatic carbocycles. The van der Waals surface area contributed by atoms with Gasteiger partial charge in [0.1, 0.15) is 18.1 Å². The Morgan fingerprint density at radius 3 is 2.89 bits per heavy atom. The third kappa shape index (κ3) is 2.84. The maximum absolute atomic E-state index is 11.0. The molecule has 4 nitrogen and oxygen atoms in total. The first-order chi connectivity index (χ1) is 8.85. The fourth-order valence-electron chi connectivity index (χ4n) is 1.67. The Bertz CT molecular complexity index is 540. The zero-order valence-corrected chi connectivity index (χ0v) is 10.3. The van der Waals surface area contributed by atoms with Gasteiger partial charge in [0.05, 0.1) is 12.1 Å². The van der Waals surface area contributed by atoms with Crippen molar-refractivity contribution in [3.05, 3.63) is 36.0 Å². The molecular formula is C14H15NO3. The molecule has 0 radical (unpaired) electrons. The Morgan fingerprint density at radius 2 is 2.11 bits per heavy atom. The van der Waals surface area contributed by atoms with Crippen LogP contribution in [0, 0.1) is 0 Å². The summed E-state index contributed by atoms with van der Waals surface area (Å²) in [6.07, 6.45) is 0.711. The molecule has 0 unspecified atom stereocenters. The molecule has 0 N–H and O–H groups in total. The zero-order valence-electron chi connectivity index (χ0n) is 10.3. The van der Waals surface area contributed by atoms with Crippen LogP contribution in [0.2, 0.25) is 0 Å². The summed E-state index contributed by atoms with van der Waals surface area (Å²) < 4.78 is 10.7. The molecule has 0 saturated heterocycles. The average molecular weight is 245 g/mol. The van der Waals surface area contributed by atoms with Crippen molar-refractivity contribution in [3.63, 3.8) is 0 Å². The van der Waals surface area contributed by atoms with E-state index in [1.165, 1.54) is 0 Å². The number of para-hydroxylation sites is 1. The summed E-state index contributed by atoms with van der Waals surface area (Å²) >= 11 is 0. The van der Waals surface area contributed by atoms with Gasteiger partial charge < -0.3 is 9.47 Å². The summed E-state index contributed by atoms with van der Waals surface area (Å²) in [7, 11) is 0. The largest absolute Gasteiger partial charge is 0.489 e. The van der Waals surface area contributed by atoms with Crippen LogP contribution in [0.5, 0.6) is 5.75 Å². The summed E-state index contributed by atoms with van der Waals surface area (Å²) in [5.41, 5.74) is 1.11. The maximum Gasteiger partial charge on any atom is 0.172 e. The number of benzene rings is 1. The van der Waals surface area contributed by atoms with Crippen molar-refractivity contribution in [1.82, 2.24) is 4.98 Å². The van der Waals surface area contributed by atoms with Gasteiger partial charge in [0.25, 0.3) is 0 Å².